The van der Waals surface area contributed by atoms with E-state index in [1.807, 2.05) is 0 Å². The molecule has 0 aliphatic carbocycles. The Morgan fingerprint density at radius 2 is 1.82 bits per heavy atom. The highest BCUT2D eigenvalue weighted by Gasteiger charge is 2.19. The number of hydrogen-bond donors (Lipinski definition) is 1. The Labute approximate surface area is 193 Å². The number of amides is 1. The number of anilines is 1. The number of carbonyl (C=O) groups excluding carboxylic acids is 3. The highest BCUT2D eigenvalue weighted by Crippen LogP contribution is 2.34. The summed E-state index contributed by atoms with van der Waals surface area (Å²) in [6.45, 7) is -0.0841. The molecule has 3 aromatic rings. The molecule has 0 radical (unpaired) electrons. The largest absolute Gasteiger partial charge is 0.465 e. The number of methoxy groups -OCH3 is 1. The van der Waals surface area contributed by atoms with Crippen LogP contribution in [0.2, 0.25) is 0 Å². The molecule has 1 aliphatic rings. The van der Waals surface area contributed by atoms with Crippen molar-refractivity contribution in [1.82, 2.24) is 0 Å². The Bertz CT molecular complexity index is 1190. The van der Waals surface area contributed by atoms with Crippen LogP contribution in [0.5, 0.6) is 11.5 Å². The van der Waals surface area contributed by atoms with Gasteiger partial charge in [0, 0.05) is 16.6 Å². The summed E-state index contributed by atoms with van der Waals surface area (Å²) in [7, 11) is 1.25. The first-order chi connectivity index (χ1) is 16.0. The third-order valence-corrected chi connectivity index (χ3v) is 5.68. The summed E-state index contributed by atoms with van der Waals surface area (Å²) < 4.78 is 25.8. The minimum atomic E-state index is -0.610. The molecule has 1 aliphatic heterocycles. The van der Waals surface area contributed by atoms with Gasteiger partial charge in [-0.2, -0.15) is 0 Å². The Balaban J connectivity index is 1.35. The number of thioether (sulfide) groups is 1. The Kier molecular flexibility index (Phi) is 6.84. The van der Waals surface area contributed by atoms with E-state index in [1.165, 1.54) is 31.2 Å². The van der Waals surface area contributed by atoms with Crippen molar-refractivity contribution in [3.63, 3.8) is 0 Å². The summed E-state index contributed by atoms with van der Waals surface area (Å²) in [5.41, 5.74) is 1.06. The van der Waals surface area contributed by atoms with E-state index in [4.69, 9.17) is 18.6 Å². The summed E-state index contributed by atoms with van der Waals surface area (Å²) in [4.78, 5) is 37.3. The minimum absolute atomic E-state index is 0.0728. The van der Waals surface area contributed by atoms with E-state index in [0.717, 1.165) is 0 Å². The molecule has 0 fully saturated rings. The summed E-state index contributed by atoms with van der Waals surface area (Å²) in [5, 5.41) is 2.79. The van der Waals surface area contributed by atoms with Gasteiger partial charge in [0.25, 0.3) is 0 Å². The predicted octanol–water partition coefficient (Wildman–Crippen LogP) is 3.88. The van der Waals surface area contributed by atoms with Gasteiger partial charge >= 0.3 is 11.9 Å². The minimum Gasteiger partial charge on any atom is -0.465 e. The second-order valence-electron chi connectivity index (χ2n) is 6.73. The third kappa shape index (κ3) is 5.29. The van der Waals surface area contributed by atoms with Gasteiger partial charge in [-0.05, 0) is 30.3 Å². The average molecular weight is 469 g/mol. The van der Waals surface area contributed by atoms with Gasteiger partial charge in [0.05, 0.1) is 24.7 Å². The molecule has 2 heterocycles. The van der Waals surface area contributed by atoms with Crippen LogP contribution in [-0.4, -0.2) is 37.5 Å². The van der Waals surface area contributed by atoms with E-state index in [9.17, 15) is 14.4 Å². The summed E-state index contributed by atoms with van der Waals surface area (Å²) in [5.74, 6) is 0.0108. The maximum Gasteiger partial charge on any atom is 0.341 e. The highest BCUT2D eigenvalue weighted by atomic mass is 32.2. The quantitative estimate of drug-likeness (QED) is 0.388. The smallest absolute Gasteiger partial charge is 0.341 e. The van der Waals surface area contributed by atoms with E-state index in [-0.39, 0.29) is 36.4 Å². The van der Waals surface area contributed by atoms with Crippen molar-refractivity contribution in [2.45, 2.75) is 11.5 Å². The van der Waals surface area contributed by atoms with Crippen molar-refractivity contribution in [2.24, 2.45) is 0 Å². The van der Waals surface area contributed by atoms with E-state index < -0.39 is 11.9 Å². The van der Waals surface area contributed by atoms with Crippen LogP contribution in [0.1, 0.15) is 26.5 Å². The number of benzene rings is 2. The van der Waals surface area contributed by atoms with Gasteiger partial charge in [0.15, 0.2) is 23.9 Å². The lowest BCUT2D eigenvalue weighted by Gasteiger charge is -2.10. The van der Waals surface area contributed by atoms with Gasteiger partial charge in [-0.25, -0.2) is 9.59 Å². The summed E-state index contributed by atoms with van der Waals surface area (Å²) >= 11 is 1.20. The standard InChI is InChI=1S/C23H19NO8S/c1-28-22(26)15-8-9-29-19(15)11-30-23(27)16-4-2-3-5-20(16)33-12-21(25)24-14-6-7-17-18(10-14)32-13-31-17/h2-10H,11-13H2,1H3,(H,24,25). The molecular formula is C23H19NO8S. The fourth-order valence-corrected chi connectivity index (χ4v) is 3.87. The monoisotopic (exact) mass is 469 g/mol. The van der Waals surface area contributed by atoms with Gasteiger partial charge in [0.2, 0.25) is 12.7 Å². The maximum atomic E-state index is 12.6. The second-order valence-corrected chi connectivity index (χ2v) is 7.74. The van der Waals surface area contributed by atoms with Crippen molar-refractivity contribution >= 4 is 35.3 Å². The zero-order chi connectivity index (χ0) is 23.2. The van der Waals surface area contributed by atoms with Crippen LogP contribution in [-0.2, 0) is 20.9 Å². The number of rotatable bonds is 8. The van der Waals surface area contributed by atoms with Gasteiger partial charge < -0.3 is 28.7 Å². The molecule has 0 saturated carbocycles. The fraction of sp³-hybridized carbons (Fsp3) is 0.174. The van der Waals surface area contributed by atoms with Crippen LogP contribution < -0.4 is 14.8 Å². The summed E-state index contributed by atoms with van der Waals surface area (Å²) in [6, 6.07) is 13.4. The lowest BCUT2D eigenvalue weighted by Crippen LogP contribution is -2.14. The molecule has 9 nitrogen and oxygen atoms in total. The van der Waals surface area contributed by atoms with Gasteiger partial charge in [-0.15, -0.1) is 11.8 Å². The SMILES string of the molecule is COC(=O)c1ccoc1COC(=O)c1ccccc1SCC(=O)Nc1ccc2c(c1)OCO2. The molecule has 1 N–H and O–H groups in total. The van der Waals surface area contributed by atoms with Crippen LogP contribution in [0.15, 0.2) is 64.1 Å². The van der Waals surface area contributed by atoms with Crippen LogP contribution in [0.4, 0.5) is 5.69 Å². The van der Waals surface area contributed by atoms with E-state index in [1.54, 1.807) is 42.5 Å². The van der Waals surface area contributed by atoms with Crippen molar-refractivity contribution in [3.05, 3.63) is 71.7 Å². The van der Waals surface area contributed by atoms with Crippen molar-refractivity contribution in [2.75, 3.05) is 25.0 Å². The number of ether oxygens (including phenoxy) is 4. The number of fused-ring (bicyclic) bond motifs is 1. The lowest BCUT2D eigenvalue weighted by molar-refractivity contribution is -0.113. The van der Waals surface area contributed by atoms with E-state index >= 15 is 0 Å². The fourth-order valence-electron chi connectivity index (χ4n) is 3.03. The van der Waals surface area contributed by atoms with Crippen molar-refractivity contribution in [1.29, 1.82) is 0 Å². The van der Waals surface area contributed by atoms with Gasteiger partial charge in [-0.1, -0.05) is 12.1 Å². The molecule has 170 valence electrons. The number of furan rings is 1. The molecule has 0 atom stereocenters. The molecule has 10 heteroatoms. The zero-order valence-corrected chi connectivity index (χ0v) is 18.3. The van der Waals surface area contributed by atoms with Crippen LogP contribution in [0, 0.1) is 0 Å². The predicted molar refractivity (Wildman–Crippen MR) is 118 cm³/mol. The van der Waals surface area contributed by atoms with Gasteiger partial charge in [-0.3, -0.25) is 4.79 Å². The molecular weight excluding hydrogens is 450 g/mol. The lowest BCUT2D eigenvalue weighted by atomic mass is 10.2. The molecule has 1 aromatic heterocycles. The molecule has 0 saturated heterocycles. The molecule has 0 unspecified atom stereocenters. The van der Waals surface area contributed by atoms with Crippen molar-refractivity contribution < 1.29 is 37.7 Å². The van der Waals surface area contributed by atoms with E-state index in [0.29, 0.717) is 27.6 Å². The Morgan fingerprint density at radius 3 is 2.67 bits per heavy atom. The maximum absolute atomic E-state index is 12.6. The van der Waals surface area contributed by atoms with Crippen LogP contribution in [0.3, 0.4) is 0 Å². The number of nitrogens with one attached hydrogen (secondary N) is 1. The summed E-state index contributed by atoms with van der Waals surface area (Å²) in [6.07, 6.45) is 1.32. The molecule has 1 amide bonds. The topological polar surface area (TPSA) is 113 Å². The molecule has 0 spiro atoms. The Hall–Kier alpha value is -3.92. The normalized spacial score (nSPS) is 11.7. The average Bonchev–Trinajstić information content (AvgIpc) is 3.50. The van der Waals surface area contributed by atoms with Crippen LogP contribution in [0.25, 0.3) is 0 Å². The van der Waals surface area contributed by atoms with Crippen LogP contribution >= 0.6 is 11.8 Å². The van der Waals surface area contributed by atoms with E-state index in [2.05, 4.69) is 10.1 Å². The molecule has 33 heavy (non-hydrogen) atoms. The molecule has 0 bridgehead atoms. The number of carbonyl (C=O) groups is 3. The van der Waals surface area contributed by atoms with Gasteiger partial charge in [0.1, 0.15) is 5.56 Å². The second kappa shape index (κ2) is 10.1. The number of esters is 2. The highest BCUT2D eigenvalue weighted by molar-refractivity contribution is 8.00. The Morgan fingerprint density at radius 1 is 1.00 bits per heavy atom. The third-order valence-electron chi connectivity index (χ3n) is 4.61. The first-order valence-corrected chi connectivity index (χ1v) is 10.8. The molecule has 2 aromatic carbocycles. The number of hydrogen-bond acceptors (Lipinski definition) is 9. The first kappa shape index (κ1) is 22.3. The zero-order valence-electron chi connectivity index (χ0n) is 17.5. The van der Waals surface area contributed by atoms with Crippen molar-refractivity contribution in [3.8, 4) is 11.5 Å². The molecule has 4 rings (SSSR count). The first-order valence-electron chi connectivity index (χ1n) is 9.78.